The van der Waals surface area contributed by atoms with Crippen molar-refractivity contribution in [3.8, 4) is 0 Å². The van der Waals surface area contributed by atoms with Gasteiger partial charge in [-0.05, 0) is 12.8 Å². The van der Waals surface area contributed by atoms with Crippen LogP contribution in [0.3, 0.4) is 0 Å². The standard InChI is InChI=1S/C7H9FN2O/c8-3-6-10-4-5(11-6)7(9)1-2-7/h4H,1-3,9H2. The highest BCUT2D eigenvalue weighted by atomic mass is 19.1. The van der Waals surface area contributed by atoms with Crippen LogP contribution in [0.2, 0.25) is 0 Å². The molecule has 0 amide bonds. The molecule has 11 heavy (non-hydrogen) atoms. The summed E-state index contributed by atoms with van der Waals surface area (Å²) < 4.78 is 17.0. The third-order valence-corrected chi connectivity index (χ3v) is 1.95. The van der Waals surface area contributed by atoms with Gasteiger partial charge in [0.15, 0.2) is 6.67 Å². The van der Waals surface area contributed by atoms with Crippen LogP contribution in [0.4, 0.5) is 4.39 Å². The number of aromatic nitrogens is 1. The van der Waals surface area contributed by atoms with E-state index in [0.717, 1.165) is 12.8 Å². The highest BCUT2D eigenvalue weighted by molar-refractivity contribution is 5.16. The molecule has 0 spiro atoms. The summed E-state index contributed by atoms with van der Waals surface area (Å²) >= 11 is 0. The topological polar surface area (TPSA) is 52.0 Å². The Morgan fingerprint density at radius 3 is 2.91 bits per heavy atom. The first-order chi connectivity index (χ1) is 5.24. The van der Waals surface area contributed by atoms with Crippen molar-refractivity contribution < 1.29 is 8.81 Å². The van der Waals surface area contributed by atoms with Crippen LogP contribution in [0, 0.1) is 0 Å². The van der Waals surface area contributed by atoms with Gasteiger partial charge in [0.25, 0.3) is 0 Å². The van der Waals surface area contributed by atoms with E-state index in [2.05, 4.69) is 4.98 Å². The maximum atomic E-state index is 12.0. The molecule has 4 heteroatoms. The second-order valence-corrected chi connectivity index (χ2v) is 2.91. The number of alkyl halides is 1. The van der Waals surface area contributed by atoms with Crippen LogP contribution < -0.4 is 5.73 Å². The predicted octanol–water partition coefficient (Wildman–Crippen LogP) is 1.09. The fourth-order valence-corrected chi connectivity index (χ4v) is 0.983. The van der Waals surface area contributed by atoms with Crippen molar-refractivity contribution in [1.82, 2.24) is 4.98 Å². The zero-order valence-corrected chi connectivity index (χ0v) is 6.01. The van der Waals surface area contributed by atoms with Crippen molar-refractivity contribution >= 4 is 0 Å². The third-order valence-electron chi connectivity index (χ3n) is 1.95. The van der Waals surface area contributed by atoms with Gasteiger partial charge in [0, 0.05) is 0 Å². The van der Waals surface area contributed by atoms with E-state index in [0.29, 0.717) is 5.76 Å². The molecule has 1 fully saturated rings. The van der Waals surface area contributed by atoms with Crippen LogP contribution >= 0.6 is 0 Å². The summed E-state index contributed by atoms with van der Waals surface area (Å²) in [6.45, 7) is -0.657. The molecule has 0 aliphatic heterocycles. The van der Waals surface area contributed by atoms with Crippen LogP contribution in [0.5, 0.6) is 0 Å². The average Bonchev–Trinajstić information content (AvgIpc) is 2.61. The molecule has 60 valence electrons. The van der Waals surface area contributed by atoms with Gasteiger partial charge >= 0.3 is 0 Å². The third kappa shape index (κ3) is 1.03. The Bertz CT molecular complexity index is 267. The lowest BCUT2D eigenvalue weighted by atomic mass is 10.2. The molecule has 1 heterocycles. The Morgan fingerprint density at radius 2 is 2.45 bits per heavy atom. The first-order valence-corrected chi connectivity index (χ1v) is 3.55. The van der Waals surface area contributed by atoms with Crippen LogP contribution in [0.1, 0.15) is 24.5 Å². The molecule has 0 aromatic carbocycles. The Balaban J connectivity index is 2.25. The molecule has 0 bridgehead atoms. The molecule has 1 aromatic heterocycles. The van der Waals surface area contributed by atoms with E-state index in [1.165, 1.54) is 6.20 Å². The minimum atomic E-state index is -0.657. The summed E-state index contributed by atoms with van der Waals surface area (Å²) in [7, 11) is 0. The average molecular weight is 156 g/mol. The quantitative estimate of drug-likeness (QED) is 0.697. The van der Waals surface area contributed by atoms with Gasteiger partial charge in [-0.2, -0.15) is 0 Å². The zero-order valence-electron chi connectivity index (χ0n) is 6.01. The second kappa shape index (κ2) is 2.04. The highest BCUT2D eigenvalue weighted by Crippen LogP contribution is 2.42. The lowest BCUT2D eigenvalue weighted by Gasteiger charge is -2.00. The number of hydrogen-bond acceptors (Lipinski definition) is 3. The van der Waals surface area contributed by atoms with Crippen LogP contribution in [-0.4, -0.2) is 4.98 Å². The largest absolute Gasteiger partial charge is 0.441 e. The van der Waals surface area contributed by atoms with Crippen molar-refractivity contribution in [3.05, 3.63) is 17.8 Å². The molecule has 0 saturated heterocycles. The van der Waals surface area contributed by atoms with E-state index in [9.17, 15) is 4.39 Å². The van der Waals surface area contributed by atoms with Crippen LogP contribution in [0.25, 0.3) is 0 Å². The minimum Gasteiger partial charge on any atom is -0.441 e. The van der Waals surface area contributed by atoms with Gasteiger partial charge in [0.2, 0.25) is 5.89 Å². The highest BCUT2D eigenvalue weighted by Gasteiger charge is 2.43. The van der Waals surface area contributed by atoms with E-state index < -0.39 is 6.67 Å². The number of oxazole rings is 1. The number of nitrogens with two attached hydrogens (primary N) is 1. The smallest absolute Gasteiger partial charge is 0.225 e. The second-order valence-electron chi connectivity index (χ2n) is 2.91. The lowest BCUT2D eigenvalue weighted by Crippen LogP contribution is -2.17. The first-order valence-electron chi connectivity index (χ1n) is 3.55. The van der Waals surface area contributed by atoms with Crippen molar-refractivity contribution in [2.75, 3.05) is 0 Å². The Morgan fingerprint density at radius 1 is 1.73 bits per heavy atom. The molecule has 0 atom stereocenters. The van der Waals surface area contributed by atoms with Gasteiger partial charge in [0.1, 0.15) is 5.76 Å². The van der Waals surface area contributed by atoms with E-state index >= 15 is 0 Å². The first kappa shape index (κ1) is 6.79. The predicted molar refractivity (Wildman–Crippen MR) is 36.4 cm³/mol. The maximum Gasteiger partial charge on any atom is 0.225 e. The van der Waals surface area contributed by atoms with Gasteiger partial charge in [0.05, 0.1) is 11.7 Å². The van der Waals surface area contributed by atoms with Crippen molar-refractivity contribution in [2.24, 2.45) is 5.73 Å². The van der Waals surface area contributed by atoms with E-state index in [-0.39, 0.29) is 11.4 Å². The molecule has 1 aromatic rings. The molecule has 2 rings (SSSR count). The van der Waals surface area contributed by atoms with Crippen molar-refractivity contribution in [3.63, 3.8) is 0 Å². The summed E-state index contributed by atoms with van der Waals surface area (Å²) in [5.74, 6) is 0.738. The Hall–Kier alpha value is -0.900. The fraction of sp³-hybridized carbons (Fsp3) is 0.571. The molecular weight excluding hydrogens is 147 g/mol. The molecule has 1 aliphatic rings. The monoisotopic (exact) mass is 156 g/mol. The van der Waals surface area contributed by atoms with Crippen molar-refractivity contribution in [2.45, 2.75) is 25.1 Å². The zero-order chi connectivity index (χ0) is 7.90. The lowest BCUT2D eigenvalue weighted by molar-refractivity contribution is 0.351. The molecule has 1 aliphatic carbocycles. The number of rotatable bonds is 2. The normalized spacial score (nSPS) is 20.2. The van der Waals surface area contributed by atoms with Gasteiger partial charge in [-0.3, -0.25) is 0 Å². The van der Waals surface area contributed by atoms with Crippen LogP contribution in [0.15, 0.2) is 10.6 Å². The Labute approximate surface area is 63.4 Å². The fourth-order valence-electron chi connectivity index (χ4n) is 0.983. The number of hydrogen-bond donors (Lipinski definition) is 1. The molecule has 0 radical (unpaired) electrons. The summed E-state index contributed by atoms with van der Waals surface area (Å²) in [5.41, 5.74) is 5.45. The number of nitrogens with zero attached hydrogens (tertiary/aromatic N) is 1. The molecule has 0 unspecified atom stereocenters. The van der Waals surface area contributed by atoms with Gasteiger partial charge < -0.3 is 10.2 Å². The minimum absolute atomic E-state index is 0.122. The van der Waals surface area contributed by atoms with Gasteiger partial charge in [-0.15, -0.1) is 0 Å². The SMILES string of the molecule is NC1(c2cnc(CF)o2)CC1. The molecule has 3 nitrogen and oxygen atoms in total. The maximum absolute atomic E-state index is 12.0. The molecular formula is C7H9FN2O. The summed E-state index contributed by atoms with van der Waals surface area (Å²) in [6.07, 6.45) is 3.34. The molecule has 2 N–H and O–H groups in total. The van der Waals surface area contributed by atoms with E-state index in [4.69, 9.17) is 10.2 Å². The summed E-state index contributed by atoms with van der Waals surface area (Å²) in [5, 5.41) is 0. The summed E-state index contributed by atoms with van der Waals surface area (Å²) in [6, 6.07) is 0. The van der Waals surface area contributed by atoms with Gasteiger partial charge in [-0.1, -0.05) is 0 Å². The van der Waals surface area contributed by atoms with E-state index in [1.807, 2.05) is 0 Å². The van der Waals surface area contributed by atoms with Gasteiger partial charge in [-0.25, -0.2) is 9.37 Å². The molecule has 1 saturated carbocycles. The van der Waals surface area contributed by atoms with E-state index in [1.54, 1.807) is 0 Å². The Kier molecular flexibility index (Phi) is 1.26. The van der Waals surface area contributed by atoms with Crippen LogP contribution in [-0.2, 0) is 12.2 Å². The number of halogens is 1. The summed E-state index contributed by atoms with van der Waals surface area (Å²) in [4.78, 5) is 3.72. The van der Waals surface area contributed by atoms with Crippen molar-refractivity contribution in [1.29, 1.82) is 0 Å².